The Labute approximate surface area is 122 Å². The molecule has 0 aliphatic heterocycles. The van der Waals surface area contributed by atoms with Gasteiger partial charge in [-0.2, -0.15) is 0 Å². The van der Waals surface area contributed by atoms with Gasteiger partial charge in [-0.05, 0) is 18.1 Å². The van der Waals surface area contributed by atoms with Gasteiger partial charge in [0.25, 0.3) is 0 Å². The van der Waals surface area contributed by atoms with Crippen molar-refractivity contribution in [2.24, 2.45) is 5.92 Å². The first-order valence-electron chi connectivity index (χ1n) is 6.45. The number of nitrogen functional groups attached to an aromatic ring is 1. The van der Waals surface area contributed by atoms with Crippen LogP contribution in [0.25, 0.3) is 0 Å². The molecule has 2 unspecified atom stereocenters. The molecule has 0 radical (unpaired) electrons. The minimum absolute atomic E-state index is 0.0195. The zero-order valence-electron chi connectivity index (χ0n) is 12.3. The van der Waals surface area contributed by atoms with E-state index in [0.717, 1.165) is 0 Å². The lowest BCUT2D eigenvalue weighted by Gasteiger charge is -2.15. The summed E-state index contributed by atoms with van der Waals surface area (Å²) in [7, 11) is 0.356. The fourth-order valence-electron chi connectivity index (χ4n) is 1.53. The van der Waals surface area contributed by atoms with Gasteiger partial charge in [-0.15, -0.1) is 0 Å². The number of hydrogen-bond acceptors (Lipinski definition) is 4. The van der Waals surface area contributed by atoms with Crippen LogP contribution in [0, 0.1) is 5.92 Å². The van der Waals surface area contributed by atoms with Crippen LogP contribution < -0.4 is 15.8 Å². The number of carbonyl (C=O) groups is 1. The van der Waals surface area contributed by atoms with E-state index in [1.165, 1.54) is 0 Å². The summed E-state index contributed by atoms with van der Waals surface area (Å²) in [4.78, 5) is 11.9. The van der Waals surface area contributed by atoms with Gasteiger partial charge in [-0.25, -0.2) is 0 Å². The summed E-state index contributed by atoms with van der Waals surface area (Å²) >= 11 is 0. The summed E-state index contributed by atoms with van der Waals surface area (Å²) in [5, 5.41) is 2.65. The number of amides is 1. The molecule has 0 heterocycles. The number of nitrogens with one attached hydrogen (secondary N) is 1. The molecule has 1 amide bonds. The van der Waals surface area contributed by atoms with Crippen LogP contribution in [-0.2, 0) is 15.6 Å². The maximum absolute atomic E-state index is 12.0. The molecule has 3 N–H and O–H groups in total. The Morgan fingerprint density at radius 1 is 1.40 bits per heavy atom. The van der Waals surface area contributed by atoms with Crippen LogP contribution in [0.4, 0.5) is 11.4 Å². The van der Waals surface area contributed by atoms with Gasteiger partial charge in [0.05, 0.1) is 18.5 Å². The lowest BCUT2D eigenvalue weighted by molar-refractivity contribution is -0.113. The Morgan fingerprint density at radius 3 is 2.55 bits per heavy atom. The third kappa shape index (κ3) is 4.52. The molecule has 0 bridgehead atoms. The summed E-state index contributed by atoms with van der Waals surface area (Å²) in [5.74, 6) is 0.574. The van der Waals surface area contributed by atoms with Crippen LogP contribution in [-0.4, -0.2) is 28.2 Å². The Balaban J connectivity index is 2.65. The quantitative estimate of drug-likeness (QED) is 0.787. The number of nitrogens with two attached hydrogens (primary N) is 1. The molecule has 0 saturated carbocycles. The number of carbonyl (C=O) groups excluding carboxylic acids is 1. The van der Waals surface area contributed by atoms with Crippen molar-refractivity contribution in [2.75, 3.05) is 23.9 Å². The van der Waals surface area contributed by atoms with Gasteiger partial charge in [-0.3, -0.25) is 9.00 Å². The van der Waals surface area contributed by atoms with Crippen LogP contribution >= 0.6 is 0 Å². The minimum atomic E-state index is -1.19. The Morgan fingerprint density at radius 2 is 2.05 bits per heavy atom. The van der Waals surface area contributed by atoms with E-state index in [9.17, 15) is 9.00 Å². The third-order valence-corrected chi connectivity index (χ3v) is 5.08. The monoisotopic (exact) mass is 298 g/mol. The predicted octanol–water partition coefficient (Wildman–Crippen LogP) is 2.01. The van der Waals surface area contributed by atoms with Gasteiger partial charge >= 0.3 is 0 Å². The molecule has 0 aliphatic rings. The van der Waals surface area contributed by atoms with Crippen molar-refractivity contribution in [1.29, 1.82) is 0 Å². The molecule has 0 aliphatic carbocycles. The third-order valence-electron chi connectivity index (χ3n) is 3.16. The molecule has 1 aromatic rings. The molecular weight excluding hydrogens is 276 g/mol. The number of ether oxygens (including phenoxy) is 1. The number of benzene rings is 1. The van der Waals surface area contributed by atoms with Crippen molar-refractivity contribution in [3.8, 4) is 5.75 Å². The van der Waals surface area contributed by atoms with E-state index in [4.69, 9.17) is 10.5 Å². The molecule has 112 valence electrons. The van der Waals surface area contributed by atoms with E-state index in [1.807, 2.05) is 20.8 Å². The molecule has 20 heavy (non-hydrogen) atoms. The molecule has 5 nitrogen and oxygen atoms in total. The van der Waals surface area contributed by atoms with E-state index < -0.39 is 10.8 Å². The average molecular weight is 298 g/mol. The van der Waals surface area contributed by atoms with E-state index in [0.29, 0.717) is 17.1 Å². The van der Waals surface area contributed by atoms with Crippen LogP contribution in [0.5, 0.6) is 5.75 Å². The number of rotatable bonds is 6. The van der Waals surface area contributed by atoms with Gasteiger partial charge in [0.2, 0.25) is 5.91 Å². The van der Waals surface area contributed by atoms with E-state index in [-0.39, 0.29) is 22.8 Å². The molecule has 0 aromatic heterocycles. The zero-order chi connectivity index (χ0) is 15.3. The largest absolute Gasteiger partial charge is 0.497 e. The van der Waals surface area contributed by atoms with Gasteiger partial charge in [0.1, 0.15) is 11.5 Å². The fourth-order valence-corrected chi connectivity index (χ4v) is 2.73. The zero-order valence-corrected chi connectivity index (χ0v) is 13.1. The van der Waals surface area contributed by atoms with Crippen molar-refractivity contribution in [3.63, 3.8) is 0 Å². The van der Waals surface area contributed by atoms with Crippen molar-refractivity contribution in [2.45, 2.75) is 26.0 Å². The summed E-state index contributed by atoms with van der Waals surface area (Å²) in [6, 6.07) is 5.00. The molecule has 6 heteroatoms. The second kappa shape index (κ2) is 7.28. The summed E-state index contributed by atoms with van der Waals surface area (Å²) in [6.45, 7) is 5.86. The predicted molar refractivity (Wildman–Crippen MR) is 83.3 cm³/mol. The molecule has 1 rings (SSSR count). The lowest BCUT2D eigenvalue weighted by Crippen LogP contribution is -2.27. The molecule has 0 saturated heterocycles. The first kappa shape index (κ1) is 16.5. The van der Waals surface area contributed by atoms with Crippen LogP contribution in [0.2, 0.25) is 0 Å². The number of methoxy groups -OCH3 is 1. The highest BCUT2D eigenvalue weighted by atomic mass is 32.2. The van der Waals surface area contributed by atoms with Crippen molar-refractivity contribution < 1.29 is 13.7 Å². The second-order valence-electron chi connectivity index (χ2n) is 4.98. The Bertz CT molecular complexity index is 503. The molecular formula is C14H22N2O3S. The number of hydrogen-bond donors (Lipinski definition) is 2. The standard InChI is InChI=1S/C14H22N2O3S/c1-9(2)10(3)20(18)8-14(17)16-13-6-5-11(19-4)7-12(13)15/h5-7,9-10H,8,15H2,1-4H3,(H,16,17). The van der Waals surface area contributed by atoms with Crippen LogP contribution in [0.15, 0.2) is 18.2 Å². The summed E-state index contributed by atoms with van der Waals surface area (Å²) in [6.07, 6.45) is 0. The van der Waals surface area contributed by atoms with E-state index in [2.05, 4.69) is 5.32 Å². The number of anilines is 2. The molecule has 0 spiro atoms. The van der Waals surface area contributed by atoms with Crippen LogP contribution in [0.1, 0.15) is 20.8 Å². The van der Waals surface area contributed by atoms with Crippen LogP contribution in [0.3, 0.4) is 0 Å². The Hall–Kier alpha value is -1.56. The average Bonchev–Trinajstić information content (AvgIpc) is 2.39. The van der Waals surface area contributed by atoms with Crippen molar-refractivity contribution in [3.05, 3.63) is 18.2 Å². The topological polar surface area (TPSA) is 81.4 Å². The first-order valence-corrected chi connectivity index (χ1v) is 7.84. The second-order valence-corrected chi connectivity index (χ2v) is 6.77. The van der Waals surface area contributed by atoms with Crippen molar-refractivity contribution >= 4 is 28.1 Å². The smallest absolute Gasteiger partial charge is 0.237 e. The summed E-state index contributed by atoms with van der Waals surface area (Å²) in [5.41, 5.74) is 6.74. The van der Waals surface area contributed by atoms with Gasteiger partial charge in [0.15, 0.2) is 0 Å². The van der Waals surface area contributed by atoms with E-state index >= 15 is 0 Å². The van der Waals surface area contributed by atoms with Gasteiger partial charge < -0.3 is 15.8 Å². The highest BCUT2D eigenvalue weighted by Crippen LogP contribution is 2.24. The lowest BCUT2D eigenvalue weighted by atomic mass is 10.2. The molecule has 2 atom stereocenters. The summed E-state index contributed by atoms with van der Waals surface area (Å²) < 4.78 is 17.0. The SMILES string of the molecule is COc1ccc(NC(=O)CS(=O)C(C)C(C)C)c(N)c1. The fraction of sp³-hybridized carbons (Fsp3) is 0.500. The minimum Gasteiger partial charge on any atom is -0.497 e. The molecule has 0 fully saturated rings. The van der Waals surface area contributed by atoms with E-state index in [1.54, 1.807) is 25.3 Å². The first-order chi connectivity index (χ1) is 9.35. The van der Waals surface area contributed by atoms with Gasteiger partial charge in [-0.1, -0.05) is 20.8 Å². The maximum atomic E-state index is 12.0. The normalized spacial score (nSPS) is 13.8. The Kier molecular flexibility index (Phi) is 6.01. The highest BCUT2D eigenvalue weighted by molar-refractivity contribution is 7.86. The van der Waals surface area contributed by atoms with Crippen molar-refractivity contribution in [1.82, 2.24) is 0 Å². The maximum Gasteiger partial charge on any atom is 0.237 e. The van der Waals surface area contributed by atoms with Gasteiger partial charge in [0, 0.05) is 22.1 Å². The molecule has 1 aromatic carbocycles. The highest BCUT2D eigenvalue weighted by Gasteiger charge is 2.18.